The summed E-state index contributed by atoms with van der Waals surface area (Å²) in [7, 11) is 0. The first-order chi connectivity index (χ1) is 13.3. The minimum Gasteiger partial charge on any atom is -0.481 e. The van der Waals surface area contributed by atoms with E-state index in [1.165, 1.54) is 38.5 Å². The van der Waals surface area contributed by atoms with Gasteiger partial charge in [-0.15, -0.1) is 0 Å². The number of carboxylic acid groups (broad SMARTS) is 1. The van der Waals surface area contributed by atoms with Crippen LogP contribution >= 0.6 is 0 Å². The van der Waals surface area contributed by atoms with Crippen molar-refractivity contribution >= 4 is 5.97 Å². The molecule has 0 aromatic carbocycles. The summed E-state index contributed by atoms with van der Waals surface area (Å²) < 4.78 is 0. The van der Waals surface area contributed by atoms with Crippen LogP contribution in [0.3, 0.4) is 0 Å². The lowest BCUT2D eigenvalue weighted by molar-refractivity contribution is -0.155. The van der Waals surface area contributed by atoms with Crippen molar-refractivity contribution in [2.45, 2.75) is 110 Å². The molecule has 0 fully saturated rings. The second-order valence-electron chi connectivity index (χ2n) is 8.78. The summed E-state index contributed by atoms with van der Waals surface area (Å²) >= 11 is 0. The number of unbranched alkanes of at least 4 members (excludes halogenated alkanes) is 8. The van der Waals surface area contributed by atoms with Crippen LogP contribution in [0.25, 0.3) is 0 Å². The Morgan fingerprint density at radius 2 is 1.14 bits per heavy atom. The molecule has 0 aliphatic carbocycles. The summed E-state index contributed by atoms with van der Waals surface area (Å²) in [6.07, 6.45) is 9.27. The molecule has 0 aromatic rings. The van der Waals surface area contributed by atoms with E-state index in [-0.39, 0.29) is 12.8 Å². The minimum atomic E-state index is -1.32. The van der Waals surface area contributed by atoms with Crippen LogP contribution in [0.15, 0.2) is 0 Å². The number of carboxylic acids is 1. The Morgan fingerprint density at radius 1 is 0.750 bits per heavy atom. The van der Waals surface area contributed by atoms with Gasteiger partial charge in [-0.05, 0) is 25.2 Å². The van der Waals surface area contributed by atoms with Crippen LogP contribution in [0.1, 0.15) is 97.3 Å². The molecule has 2 unspecified atom stereocenters. The van der Waals surface area contributed by atoms with Crippen molar-refractivity contribution in [3.05, 3.63) is 0 Å². The van der Waals surface area contributed by atoms with Crippen molar-refractivity contribution in [1.29, 1.82) is 0 Å². The number of rotatable bonds is 19. The third kappa shape index (κ3) is 12.7. The predicted octanol–water partition coefficient (Wildman–Crippen LogP) is 3.49. The van der Waals surface area contributed by atoms with Gasteiger partial charge in [-0.3, -0.25) is 4.79 Å². The molecule has 0 amide bonds. The Morgan fingerprint density at radius 3 is 1.50 bits per heavy atom. The monoisotopic (exact) mass is 404 g/mol. The van der Waals surface area contributed by atoms with Crippen LogP contribution in [0.5, 0.6) is 0 Å². The summed E-state index contributed by atoms with van der Waals surface area (Å²) in [5.74, 6) is -0.302. The molecule has 0 aromatic heterocycles. The Hall–Kier alpha value is -0.690. The molecule has 0 bridgehead atoms. The molecule has 6 nitrogen and oxygen atoms in total. The summed E-state index contributed by atoms with van der Waals surface area (Å²) in [6, 6.07) is 0. The van der Waals surface area contributed by atoms with Crippen LogP contribution in [-0.2, 0) is 4.79 Å². The Labute approximate surface area is 171 Å². The lowest BCUT2D eigenvalue weighted by Crippen LogP contribution is -2.39. The number of hydrogen-bond acceptors (Lipinski definition) is 5. The van der Waals surface area contributed by atoms with E-state index in [1.807, 2.05) is 0 Å². The molecular weight excluding hydrogens is 360 g/mol. The minimum absolute atomic E-state index is 0.119. The van der Waals surface area contributed by atoms with E-state index in [0.29, 0.717) is 12.8 Å². The molecule has 0 aliphatic rings. The maximum atomic E-state index is 11.9. The highest BCUT2D eigenvalue weighted by Gasteiger charge is 2.41. The molecule has 0 aliphatic heterocycles. The van der Waals surface area contributed by atoms with E-state index < -0.39 is 36.8 Å². The molecule has 0 heterocycles. The lowest BCUT2D eigenvalue weighted by Gasteiger charge is -2.32. The number of aliphatic carboxylic acids is 1. The Kier molecular flexibility index (Phi) is 15.7. The van der Waals surface area contributed by atoms with Crippen LogP contribution in [0.4, 0.5) is 0 Å². The van der Waals surface area contributed by atoms with E-state index >= 15 is 0 Å². The molecule has 0 rings (SSSR count). The second kappa shape index (κ2) is 16.1. The zero-order valence-corrected chi connectivity index (χ0v) is 18.0. The summed E-state index contributed by atoms with van der Waals surface area (Å²) in [6.45, 7) is 3.49. The van der Waals surface area contributed by atoms with Gasteiger partial charge in [0.2, 0.25) is 0 Å². The quantitative estimate of drug-likeness (QED) is 0.210. The topological polar surface area (TPSA) is 118 Å². The number of hydrogen-bond donors (Lipinski definition) is 5. The first-order valence-corrected chi connectivity index (χ1v) is 11.1. The zero-order valence-electron chi connectivity index (χ0n) is 18.0. The molecule has 5 N–H and O–H groups in total. The van der Waals surface area contributed by atoms with E-state index in [4.69, 9.17) is 10.2 Å². The fourth-order valence-electron chi connectivity index (χ4n) is 3.85. The van der Waals surface area contributed by atoms with Crippen molar-refractivity contribution in [2.75, 3.05) is 13.2 Å². The van der Waals surface area contributed by atoms with Gasteiger partial charge in [0.25, 0.3) is 0 Å². The molecule has 6 heteroatoms. The van der Waals surface area contributed by atoms with Gasteiger partial charge in [0.1, 0.15) is 0 Å². The van der Waals surface area contributed by atoms with E-state index in [2.05, 4.69) is 13.8 Å². The van der Waals surface area contributed by atoms with Crippen LogP contribution in [0, 0.1) is 11.3 Å². The number of aliphatic hydroxyl groups is 4. The van der Waals surface area contributed by atoms with Gasteiger partial charge in [0.15, 0.2) is 0 Å². The molecule has 0 saturated heterocycles. The third-order valence-electron chi connectivity index (χ3n) is 5.56. The maximum absolute atomic E-state index is 11.9. The third-order valence-corrected chi connectivity index (χ3v) is 5.56. The molecule has 0 radical (unpaired) electrons. The average Bonchev–Trinajstić information content (AvgIpc) is 2.65. The first-order valence-electron chi connectivity index (χ1n) is 11.1. The highest BCUT2D eigenvalue weighted by molar-refractivity contribution is 5.74. The standard InChI is InChI=1S/C22H44O6/c1-18(2)12-10-8-6-4-3-5-7-9-11-13-22(21(27)28,14-19(25)16-23)15-20(26)17-24/h18-20,23-26H,3-17H2,1-2H3,(H,27,28). The Bertz CT molecular complexity index is 373. The molecular formula is C22H44O6. The Balaban J connectivity index is 4.18. The van der Waals surface area contributed by atoms with Gasteiger partial charge in [-0.1, -0.05) is 78.1 Å². The van der Waals surface area contributed by atoms with Crippen molar-refractivity contribution in [3.8, 4) is 0 Å². The van der Waals surface area contributed by atoms with Crippen LogP contribution in [-0.4, -0.2) is 56.9 Å². The largest absolute Gasteiger partial charge is 0.481 e. The zero-order chi connectivity index (χ0) is 21.4. The molecule has 28 heavy (non-hydrogen) atoms. The summed E-state index contributed by atoms with van der Waals surface area (Å²) in [5.41, 5.74) is -1.32. The molecule has 2 atom stereocenters. The van der Waals surface area contributed by atoms with Crippen LogP contribution < -0.4 is 0 Å². The average molecular weight is 405 g/mol. The van der Waals surface area contributed by atoms with Crippen molar-refractivity contribution in [1.82, 2.24) is 0 Å². The van der Waals surface area contributed by atoms with Gasteiger partial charge in [-0.25, -0.2) is 0 Å². The van der Waals surface area contributed by atoms with Crippen molar-refractivity contribution < 1.29 is 30.3 Å². The van der Waals surface area contributed by atoms with Gasteiger partial charge >= 0.3 is 5.97 Å². The first kappa shape index (κ1) is 27.3. The molecule has 0 saturated carbocycles. The van der Waals surface area contributed by atoms with Crippen LogP contribution in [0.2, 0.25) is 0 Å². The number of aliphatic hydroxyl groups excluding tert-OH is 4. The smallest absolute Gasteiger partial charge is 0.309 e. The van der Waals surface area contributed by atoms with Gasteiger partial charge in [0, 0.05) is 0 Å². The fraction of sp³-hybridized carbons (Fsp3) is 0.955. The second-order valence-corrected chi connectivity index (χ2v) is 8.78. The maximum Gasteiger partial charge on any atom is 0.309 e. The van der Waals surface area contributed by atoms with Gasteiger partial charge in [0.05, 0.1) is 30.8 Å². The van der Waals surface area contributed by atoms with Crippen molar-refractivity contribution in [2.24, 2.45) is 11.3 Å². The summed E-state index contributed by atoms with van der Waals surface area (Å²) in [5, 5.41) is 47.4. The SMILES string of the molecule is CC(C)CCCCCCCCCCCC(CC(O)CO)(CC(O)CO)C(=O)O. The van der Waals surface area contributed by atoms with Crippen molar-refractivity contribution in [3.63, 3.8) is 0 Å². The van der Waals surface area contributed by atoms with Gasteiger partial charge in [-0.2, -0.15) is 0 Å². The molecule has 0 spiro atoms. The lowest BCUT2D eigenvalue weighted by atomic mass is 9.73. The van der Waals surface area contributed by atoms with E-state index in [0.717, 1.165) is 25.2 Å². The van der Waals surface area contributed by atoms with Gasteiger partial charge < -0.3 is 25.5 Å². The highest BCUT2D eigenvalue weighted by atomic mass is 16.4. The number of carbonyl (C=O) groups is 1. The highest BCUT2D eigenvalue weighted by Crippen LogP contribution is 2.36. The fourth-order valence-corrected chi connectivity index (χ4v) is 3.85. The van der Waals surface area contributed by atoms with E-state index in [1.54, 1.807) is 0 Å². The normalized spacial score (nSPS) is 16.1. The van der Waals surface area contributed by atoms with E-state index in [9.17, 15) is 20.1 Å². The predicted molar refractivity (Wildman–Crippen MR) is 111 cm³/mol. The summed E-state index contributed by atoms with van der Waals surface area (Å²) in [4.78, 5) is 11.9. The molecule has 168 valence electrons.